The number of rotatable bonds is 3. The predicted molar refractivity (Wildman–Crippen MR) is 96.7 cm³/mol. The van der Waals surface area contributed by atoms with Crippen LogP contribution in [0, 0.1) is 0 Å². The van der Waals surface area contributed by atoms with Gasteiger partial charge < -0.3 is 10.1 Å². The van der Waals surface area contributed by atoms with E-state index in [9.17, 15) is 4.79 Å². The van der Waals surface area contributed by atoms with E-state index < -0.39 is 0 Å². The highest BCUT2D eigenvalue weighted by molar-refractivity contribution is 6.30. The fraction of sp³-hybridized carbons (Fsp3) is 0.158. The van der Waals surface area contributed by atoms with Gasteiger partial charge in [0, 0.05) is 28.6 Å². The Hall–Kier alpha value is -2.79. The normalized spacial score (nSPS) is 16.2. The fourth-order valence-corrected chi connectivity index (χ4v) is 3.34. The minimum atomic E-state index is -0.145. The molecule has 1 amide bonds. The number of carbonyl (C=O) groups excluding carboxylic acids is 1. The second-order valence-corrected chi connectivity index (χ2v) is 6.31. The van der Waals surface area contributed by atoms with E-state index in [1.165, 1.54) is 0 Å². The van der Waals surface area contributed by atoms with E-state index in [1.807, 2.05) is 53.1 Å². The molecule has 4 rings (SSSR count). The molecular weight excluding hydrogens is 338 g/mol. The molecule has 2 heterocycles. The number of ether oxygens (including phenoxy) is 1. The minimum Gasteiger partial charge on any atom is -0.496 e. The summed E-state index contributed by atoms with van der Waals surface area (Å²) in [6, 6.07) is 15.1. The molecule has 3 aromatic rings. The van der Waals surface area contributed by atoms with Gasteiger partial charge in [-0.1, -0.05) is 29.8 Å². The van der Waals surface area contributed by atoms with Crippen LogP contribution in [-0.2, 0) is 4.79 Å². The van der Waals surface area contributed by atoms with Crippen molar-refractivity contribution in [3.8, 4) is 11.4 Å². The quantitative estimate of drug-likeness (QED) is 0.774. The van der Waals surface area contributed by atoms with E-state index in [0.29, 0.717) is 17.3 Å². The second-order valence-electron chi connectivity index (χ2n) is 5.87. The van der Waals surface area contributed by atoms with E-state index in [2.05, 4.69) is 10.3 Å². The molecule has 25 heavy (non-hydrogen) atoms. The van der Waals surface area contributed by atoms with Crippen LogP contribution in [0.5, 0.6) is 5.75 Å². The second kappa shape index (κ2) is 6.26. The molecular formula is C19H16ClN3O2. The number of hydrogen-bond acceptors (Lipinski definition) is 3. The average Bonchev–Trinajstić information content (AvgIpc) is 3.05. The van der Waals surface area contributed by atoms with Crippen LogP contribution < -0.4 is 10.1 Å². The number of fused-ring (bicyclic) bond motifs is 1. The number of nitrogens with zero attached hydrogens (tertiary/aromatic N) is 2. The summed E-state index contributed by atoms with van der Waals surface area (Å²) in [6.07, 6.45) is 2.06. The number of anilines is 1. The third-order valence-corrected chi connectivity index (χ3v) is 4.64. The van der Waals surface area contributed by atoms with Crippen LogP contribution in [0.2, 0.25) is 5.02 Å². The van der Waals surface area contributed by atoms with Crippen molar-refractivity contribution < 1.29 is 9.53 Å². The van der Waals surface area contributed by atoms with Gasteiger partial charge >= 0.3 is 0 Å². The summed E-state index contributed by atoms with van der Waals surface area (Å²) in [6.45, 7) is 0. The van der Waals surface area contributed by atoms with Crippen LogP contribution in [-0.4, -0.2) is 22.6 Å². The molecule has 0 saturated carbocycles. The van der Waals surface area contributed by atoms with Crippen molar-refractivity contribution in [3.05, 3.63) is 71.1 Å². The summed E-state index contributed by atoms with van der Waals surface area (Å²) in [5.74, 6) is 1.26. The van der Waals surface area contributed by atoms with Gasteiger partial charge in [-0.2, -0.15) is 0 Å². The van der Waals surface area contributed by atoms with Gasteiger partial charge in [0.1, 0.15) is 17.9 Å². The van der Waals surface area contributed by atoms with Crippen molar-refractivity contribution in [3.63, 3.8) is 0 Å². The lowest BCUT2D eigenvalue weighted by Crippen LogP contribution is -2.25. The SMILES string of the molecule is COc1ccccc1C1CC(=O)Nc2c1ncn2-c1ccc(Cl)cc1. The van der Waals surface area contributed by atoms with Gasteiger partial charge in [-0.25, -0.2) is 4.98 Å². The van der Waals surface area contributed by atoms with Crippen LogP contribution in [0.4, 0.5) is 5.82 Å². The lowest BCUT2D eigenvalue weighted by atomic mass is 9.89. The minimum absolute atomic E-state index is 0.0425. The third kappa shape index (κ3) is 2.76. The van der Waals surface area contributed by atoms with Crippen LogP contribution in [0.15, 0.2) is 54.9 Å². The molecule has 0 fully saturated rings. The summed E-state index contributed by atoms with van der Waals surface area (Å²) in [7, 11) is 1.63. The first kappa shape index (κ1) is 15.7. The molecule has 1 N–H and O–H groups in total. The lowest BCUT2D eigenvalue weighted by Gasteiger charge is -2.24. The number of nitrogens with one attached hydrogen (secondary N) is 1. The first-order valence-electron chi connectivity index (χ1n) is 7.93. The number of para-hydroxylation sites is 1. The number of halogens is 1. The van der Waals surface area contributed by atoms with Gasteiger partial charge in [0.05, 0.1) is 12.8 Å². The van der Waals surface area contributed by atoms with Crippen LogP contribution in [0.3, 0.4) is 0 Å². The van der Waals surface area contributed by atoms with E-state index in [1.54, 1.807) is 13.4 Å². The lowest BCUT2D eigenvalue weighted by molar-refractivity contribution is -0.116. The zero-order valence-electron chi connectivity index (χ0n) is 13.6. The standard InChI is InChI=1S/C19H16ClN3O2/c1-25-16-5-3-2-4-14(16)15-10-17(24)22-19-18(15)21-11-23(19)13-8-6-12(20)7-9-13/h2-9,11,15H,10H2,1H3,(H,22,24). The van der Waals surface area contributed by atoms with Crippen molar-refractivity contribution in [1.82, 2.24) is 9.55 Å². The Morgan fingerprint density at radius 2 is 1.96 bits per heavy atom. The van der Waals surface area contributed by atoms with Crippen LogP contribution in [0.1, 0.15) is 23.6 Å². The van der Waals surface area contributed by atoms with Crippen molar-refractivity contribution in [2.24, 2.45) is 0 Å². The zero-order valence-corrected chi connectivity index (χ0v) is 14.3. The van der Waals surface area contributed by atoms with Gasteiger partial charge in [0.2, 0.25) is 5.91 Å². The number of carbonyl (C=O) groups is 1. The van der Waals surface area contributed by atoms with Crippen molar-refractivity contribution in [2.75, 3.05) is 12.4 Å². The van der Waals surface area contributed by atoms with Gasteiger partial charge in [-0.3, -0.25) is 9.36 Å². The highest BCUT2D eigenvalue weighted by Gasteiger charge is 2.32. The molecule has 2 aromatic carbocycles. The highest BCUT2D eigenvalue weighted by Crippen LogP contribution is 2.40. The van der Waals surface area contributed by atoms with Crippen molar-refractivity contribution >= 4 is 23.3 Å². The largest absolute Gasteiger partial charge is 0.496 e. The fourth-order valence-electron chi connectivity index (χ4n) is 3.22. The van der Waals surface area contributed by atoms with Crippen molar-refractivity contribution in [2.45, 2.75) is 12.3 Å². The molecule has 1 aromatic heterocycles. The molecule has 0 saturated heterocycles. The van der Waals surface area contributed by atoms with Gasteiger partial charge in [0.15, 0.2) is 0 Å². The van der Waals surface area contributed by atoms with Gasteiger partial charge in [-0.05, 0) is 30.3 Å². The van der Waals surface area contributed by atoms with Gasteiger partial charge in [0.25, 0.3) is 0 Å². The topological polar surface area (TPSA) is 56.1 Å². The van der Waals surface area contributed by atoms with Crippen molar-refractivity contribution in [1.29, 1.82) is 0 Å². The number of methoxy groups -OCH3 is 1. The number of hydrogen-bond donors (Lipinski definition) is 1. The summed E-state index contributed by atoms with van der Waals surface area (Å²) < 4.78 is 7.34. The molecule has 5 nitrogen and oxygen atoms in total. The monoisotopic (exact) mass is 353 g/mol. The smallest absolute Gasteiger partial charge is 0.226 e. The summed E-state index contributed by atoms with van der Waals surface area (Å²) in [5.41, 5.74) is 2.68. The molecule has 0 bridgehead atoms. The Morgan fingerprint density at radius 3 is 2.72 bits per heavy atom. The Morgan fingerprint density at radius 1 is 1.20 bits per heavy atom. The molecule has 1 unspecified atom stereocenters. The maximum absolute atomic E-state index is 12.3. The molecule has 6 heteroatoms. The van der Waals surface area contributed by atoms with Gasteiger partial charge in [-0.15, -0.1) is 0 Å². The first-order chi connectivity index (χ1) is 12.2. The Labute approximate surface area is 150 Å². The van der Waals surface area contributed by atoms with E-state index in [-0.39, 0.29) is 11.8 Å². The van der Waals surface area contributed by atoms with E-state index in [0.717, 1.165) is 22.7 Å². The summed E-state index contributed by atoms with van der Waals surface area (Å²) in [4.78, 5) is 16.9. The first-order valence-corrected chi connectivity index (χ1v) is 8.31. The summed E-state index contributed by atoms with van der Waals surface area (Å²) >= 11 is 5.97. The van der Waals surface area contributed by atoms with E-state index >= 15 is 0 Å². The number of amides is 1. The molecule has 0 radical (unpaired) electrons. The maximum atomic E-state index is 12.3. The average molecular weight is 354 g/mol. The van der Waals surface area contributed by atoms with E-state index in [4.69, 9.17) is 16.3 Å². The number of benzene rings is 2. The maximum Gasteiger partial charge on any atom is 0.226 e. The molecule has 0 aliphatic carbocycles. The van der Waals surface area contributed by atoms with Crippen LogP contribution >= 0.6 is 11.6 Å². The molecule has 1 aliphatic rings. The molecule has 126 valence electrons. The van der Waals surface area contributed by atoms with Crippen LogP contribution in [0.25, 0.3) is 5.69 Å². The Balaban J connectivity index is 1.83. The Kier molecular flexibility index (Phi) is 3.93. The zero-order chi connectivity index (χ0) is 17.4. The summed E-state index contributed by atoms with van der Waals surface area (Å²) in [5, 5.41) is 3.61. The highest BCUT2D eigenvalue weighted by atomic mass is 35.5. The number of imidazole rings is 1. The predicted octanol–water partition coefficient (Wildman–Crippen LogP) is 4.01. The Bertz CT molecular complexity index is 934. The molecule has 1 atom stereocenters. The number of aromatic nitrogens is 2. The molecule has 0 spiro atoms. The third-order valence-electron chi connectivity index (χ3n) is 4.39. The molecule has 1 aliphatic heterocycles.